The number of para-hydroxylation sites is 1. The molecular weight excluding hydrogens is 328 g/mol. The standard InChI is InChI=1S/C21H27O3Si/c1-21(2,3)20(24-25(4)5)12-13-22-15-10-11-19-17(14-15)16-8-6-7-9-18(16)23-19/h6-11,14,20H,12-13H2,1-5H3. The van der Waals surface area contributed by atoms with E-state index < -0.39 is 9.04 Å². The summed E-state index contributed by atoms with van der Waals surface area (Å²) in [5.41, 5.74) is 1.93. The molecule has 0 amide bonds. The molecule has 1 radical (unpaired) electrons. The van der Waals surface area contributed by atoms with Crippen molar-refractivity contribution < 1.29 is 13.6 Å². The number of hydrogen-bond acceptors (Lipinski definition) is 3. The zero-order valence-corrected chi connectivity index (χ0v) is 16.8. The summed E-state index contributed by atoms with van der Waals surface area (Å²) in [5.74, 6) is 0.880. The van der Waals surface area contributed by atoms with E-state index in [9.17, 15) is 0 Å². The van der Waals surface area contributed by atoms with Crippen molar-refractivity contribution in [3.05, 3.63) is 42.5 Å². The van der Waals surface area contributed by atoms with Gasteiger partial charge in [0.2, 0.25) is 9.04 Å². The molecule has 0 aliphatic carbocycles. The molecule has 0 N–H and O–H groups in total. The molecule has 0 fully saturated rings. The second-order valence-electron chi connectivity index (χ2n) is 7.77. The molecule has 0 saturated carbocycles. The third kappa shape index (κ3) is 4.25. The summed E-state index contributed by atoms with van der Waals surface area (Å²) in [6.07, 6.45) is 1.11. The molecule has 0 spiro atoms. The molecule has 0 aliphatic rings. The Balaban J connectivity index is 1.71. The molecule has 3 rings (SSSR count). The van der Waals surface area contributed by atoms with Crippen molar-refractivity contribution in [1.29, 1.82) is 0 Å². The first-order valence-electron chi connectivity index (χ1n) is 8.85. The van der Waals surface area contributed by atoms with Crippen molar-refractivity contribution in [3.8, 4) is 5.75 Å². The number of ether oxygens (including phenoxy) is 1. The van der Waals surface area contributed by atoms with Gasteiger partial charge in [-0.3, -0.25) is 0 Å². The zero-order chi connectivity index (χ0) is 18.0. The normalized spacial score (nSPS) is 13.7. The van der Waals surface area contributed by atoms with E-state index in [1.54, 1.807) is 0 Å². The topological polar surface area (TPSA) is 31.6 Å². The summed E-state index contributed by atoms with van der Waals surface area (Å²) >= 11 is 0. The van der Waals surface area contributed by atoms with Gasteiger partial charge in [0, 0.05) is 17.2 Å². The van der Waals surface area contributed by atoms with Gasteiger partial charge in [0.1, 0.15) is 16.9 Å². The minimum Gasteiger partial charge on any atom is -0.493 e. The number of benzene rings is 2. The van der Waals surface area contributed by atoms with Gasteiger partial charge in [-0.1, -0.05) is 39.0 Å². The Hall–Kier alpha value is -1.78. The summed E-state index contributed by atoms with van der Waals surface area (Å²) in [6, 6.07) is 14.1. The van der Waals surface area contributed by atoms with Crippen LogP contribution < -0.4 is 4.74 Å². The second-order valence-corrected chi connectivity index (χ2v) is 9.83. The molecule has 2 aromatic carbocycles. The molecule has 0 aliphatic heterocycles. The van der Waals surface area contributed by atoms with Crippen molar-refractivity contribution in [2.24, 2.45) is 5.41 Å². The van der Waals surface area contributed by atoms with Gasteiger partial charge in [0.15, 0.2) is 0 Å². The molecule has 25 heavy (non-hydrogen) atoms. The Bertz CT molecular complexity index is 845. The monoisotopic (exact) mass is 355 g/mol. The number of fused-ring (bicyclic) bond motifs is 3. The molecule has 4 heteroatoms. The highest BCUT2D eigenvalue weighted by atomic mass is 28.3. The predicted octanol–water partition coefficient (Wildman–Crippen LogP) is 6.04. The van der Waals surface area contributed by atoms with Crippen molar-refractivity contribution in [1.82, 2.24) is 0 Å². The lowest BCUT2D eigenvalue weighted by molar-refractivity contribution is 0.0646. The van der Waals surface area contributed by atoms with Crippen LogP contribution in [-0.2, 0) is 4.43 Å². The highest BCUT2D eigenvalue weighted by Crippen LogP contribution is 2.31. The first-order valence-corrected chi connectivity index (χ1v) is 11.3. The van der Waals surface area contributed by atoms with Crippen molar-refractivity contribution in [2.45, 2.75) is 46.4 Å². The molecule has 1 heterocycles. The fraction of sp³-hybridized carbons (Fsp3) is 0.429. The molecule has 133 valence electrons. The SMILES string of the molecule is C[Si](C)OC(CCOc1ccc2oc3ccccc3c2c1)C(C)(C)C. The van der Waals surface area contributed by atoms with Gasteiger partial charge in [0.05, 0.1) is 12.7 Å². The molecule has 1 aromatic heterocycles. The lowest BCUT2D eigenvalue weighted by atomic mass is 9.87. The smallest absolute Gasteiger partial charge is 0.205 e. The van der Waals surface area contributed by atoms with E-state index in [4.69, 9.17) is 13.6 Å². The molecule has 3 nitrogen and oxygen atoms in total. The van der Waals surface area contributed by atoms with E-state index in [0.29, 0.717) is 6.61 Å². The number of hydrogen-bond donors (Lipinski definition) is 0. The summed E-state index contributed by atoms with van der Waals surface area (Å²) in [5, 5.41) is 2.23. The van der Waals surface area contributed by atoms with Gasteiger partial charge in [-0.15, -0.1) is 0 Å². The van der Waals surface area contributed by atoms with Crippen LogP contribution in [0.3, 0.4) is 0 Å². The lowest BCUT2D eigenvalue weighted by Gasteiger charge is -2.32. The first kappa shape index (κ1) is 18.0. The second kappa shape index (κ2) is 7.22. The maximum absolute atomic E-state index is 6.18. The highest BCUT2D eigenvalue weighted by Gasteiger charge is 2.26. The highest BCUT2D eigenvalue weighted by molar-refractivity contribution is 6.48. The van der Waals surface area contributed by atoms with Gasteiger partial charge in [-0.2, -0.15) is 0 Å². The maximum Gasteiger partial charge on any atom is 0.205 e. The van der Waals surface area contributed by atoms with Gasteiger partial charge in [-0.25, -0.2) is 0 Å². The minimum atomic E-state index is -0.723. The van der Waals surface area contributed by atoms with Gasteiger partial charge >= 0.3 is 0 Å². The van der Waals surface area contributed by atoms with Crippen LogP contribution in [0.25, 0.3) is 21.9 Å². The van der Waals surface area contributed by atoms with Crippen LogP contribution in [0.5, 0.6) is 5.75 Å². The van der Waals surface area contributed by atoms with Crippen LogP contribution in [0.4, 0.5) is 0 Å². The number of rotatable bonds is 6. The van der Waals surface area contributed by atoms with E-state index in [1.165, 1.54) is 0 Å². The van der Waals surface area contributed by atoms with E-state index in [2.05, 4.69) is 46.0 Å². The fourth-order valence-corrected chi connectivity index (χ4v) is 4.07. The molecular formula is C21H27O3Si. The Morgan fingerprint density at radius 1 is 1.00 bits per heavy atom. The van der Waals surface area contributed by atoms with Crippen LogP contribution in [0.2, 0.25) is 13.1 Å². The van der Waals surface area contributed by atoms with Crippen molar-refractivity contribution >= 4 is 31.0 Å². The van der Waals surface area contributed by atoms with Crippen LogP contribution in [0, 0.1) is 5.41 Å². The molecule has 0 bridgehead atoms. The average molecular weight is 356 g/mol. The van der Waals surface area contributed by atoms with Crippen LogP contribution in [0.1, 0.15) is 27.2 Å². The Labute approximate surface area is 151 Å². The van der Waals surface area contributed by atoms with Crippen LogP contribution >= 0.6 is 0 Å². The third-order valence-electron chi connectivity index (χ3n) is 4.34. The maximum atomic E-state index is 6.18. The lowest BCUT2D eigenvalue weighted by Crippen LogP contribution is -2.34. The third-order valence-corrected chi connectivity index (χ3v) is 5.10. The van der Waals surface area contributed by atoms with Crippen LogP contribution in [0.15, 0.2) is 46.9 Å². The summed E-state index contributed by atoms with van der Waals surface area (Å²) < 4.78 is 18.1. The Morgan fingerprint density at radius 2 is 1.72 bits per heavy atom. The Morgan fingerprint density at radius 3 is 2.44 bits per heavy atom. The summed E-state index contributed by atoms with van der Waals surface area (Å²) in [7, 11) is -0.723. The van der Waals surface area contributed by atoms with Crippen molar-refractivity contribution in [3.63, 3.8) is 0 Å². The van der Waals surface area contributed by atoms with E-state index >= 15 is 0 Å². The number of furan rings is 1. The van der Waals surface area contributed by atoms with E-state index in [0.717, 1.165) is 34.1 Å². The molecule has 1 unspecified atom stereocenters. The fourth-order valence-electron chi connectivity index (χ4n) is 3.03. The first-order chi connectivity index (χ1) is 11.8. The Kier molecular flexibility index (Phi) is 5.20. The largest absolute Gasteiger partial charge is 0.493 e. The summed E-state index contributed by atoms with van der Waals surface area (Å²) in [4.78, 5) is 0. The molecule has 0 saturated heterocycles. The van der Waals surface area contributed by atoms with Gasteiger partial charge in [-0.05, 0) is 42.8 Å². The van der Waals surface area contributed by atoms with Gasteiger partial charge in [0.25, 0.3) is 0 Å². The molecule has 3 aromatic rings. The summed E-state index contributed by atoms with van der Waals surface area (Å²) in [6.45, 7) is 11.7. The van der Waals surface area contributed by atoms with Gasteiger partial charge < -0.3 is 13.6 Å². The van der Waals surface area contributed by atoms with Crippen LogP contribution in [-0.4, -0.2) is 21.8 Å². The average Bonchev–Trinajstić information content (AvgIpc) is 2.91. The minimum absolute atomic E-state index is 0.121. The zero-order valence-electron chi connectivity index (χ0n) is 15.8. The molecule has 1 atom stereocenters. The predicted molar refractivity (Wildman–Crippen MR) is 106 cm³/mol. The quantitative estimate of drug-likeness (QED) is 0.505. The van der Waals surface area contributed by atoms with E-state index in [1.807, 2.05) is 30.3 Å². The van der Waals surface area contributed by atoms with E-state index in [-0.39, 0.29) is 11.5 Å². The van der Waals surface area contributed by atoms with Crippen molar-refractivity contribution in [2.75, 3.05) is 6.61 Å².